The average Bonchev–Trinajstić information content (AvgIpc) is 3.12. The first kappa shape index (κ1) is 12.5. The van der Waals surface area contributed by atoms with E-state index in [-0.39, 0.29) is 0 Å². The molecule has 0 saturated carbocycles. The molecule has 3 aromatic heterocycles. The molecule has 0 atom stereocenters. The van der Waals surface area contributed by atoms with Gasteiger partial charge < -0.3 is 10.3 Å². The fourth-order valence-corrected chi connectivity index (χ4v) is 4.03. The molecule has 0 unspecified atom stereocenters. The topological polar surface area (TPSA) is 79.4 Å². The molecule has 0 saturated heterocycles. The number of thiazole rings is 1. The first-order valence-electron chi connectivity index (χ1n) is 6.26. The molecule has 8 heteroatoms. The molecule has 6 nitrogen and oxygen atoms in total. The summed E-state index contributed by atoms with van der Waals surface area (Å²) in [6, 6.07) is 8.10. The Morgan fingerprint density at radius 2 is 2.10 bits per heavy atom. The highest BCUT2D eigenvalue weighted by Gasteiger charge is 2.13. The Balaban J connectivity index is 1.80. The molecule has 0 bridgehead atoms. The van der Waals surface area contributed by atoms with E-state index in [9.17, 15) is 0 Å². The fraction of sp³-hybridized carbons (Fsp3) is 0.0769. The minimum Gasteiger partial charge on any atom is -0.357 e. The highest BCUT2D eigenvalue weighted by Crippen LogP contribution is 2.35. The number of aromatic nitrogens is 5. The van der Waals surface area contributed by atoms with Crippen molar-refractivity contribution < 1.29 is 0 Å². The standard InChI is InChI=1S/C13H10N6S2/c1-14-12-18-10-9(15-6-16-10)11(19-12)21-13-17-7-4-2-3-5-8(7)20-13/h2-6H,1H3,(H2,14,15,16,18,19). The first-order chi connectivity index (χ1) is 10.3. The molecule has 0 fully saturated rings. The Hall–Kier alpha value is -2.19. The minimum absolute atomic E-state index is 0.554. The number of imidazole rings is 1. The number of nitrogens with one attached hydrogen (secondary N) is 2. The van der Waals surface area contributed by atoms with Crippen LogP contribution in [0.1, 0.15) is 0 Å². The lowest BCUT2D eigenvalue weighted by Crippen LogP contribution is -1.98. The van der Waals surface area contributed by atoms with Crippen molar-refractivity contribution in [3.63, 3.8) is 0 Å². The van der Waals surface area contributed by atoms with E-state index < -0.39 is 0 Å². The van der Waals surface area contributed by atoms with Gasteiger partial charge in [-0.3, -0.25) is 0 Å². The molecule has 0 aliphatic rings. The molecule has 21 heavy (non-hydrogen) atoms. The SMILES string of the molecule is CNc1nc(Sc2nc3ccccc3s2)c2[nH]cnc2n1. The van der Waals surface area contributed by atoms with Crippen molar-refractivity contribution >= 4 is 50.4 Å². The number of anilines is 1. The summed E-state index contributed by atoms with van der Waals surface area (Å²) < 4.78 is 2.12. The van der Waals surface area contributed by atoms with Crippen LogP contribution in [0.4, 0.5) is 5.95 Å². The Kier molecular flexibility index (Phi) is 2.97. The zero-order valence-corrected chi connectivity index (χ0v) is 12.6. The predicted molar refractivity (Wildman–Crippen MR) is 85.0 cm³/mol. The van der Waals surface area contributed by atoms with Gasteiger partial charge in [0.1, 0.15) is 10.5 Å². The average molecular weight is 314 g/mol. The highest BCUT2D eigenvalue weighted by molar-refractivity contribution is 8.01. The molecule has 1 aromatic carbocycles. The van der Waals surface area contributed by atoms with Crippen LogP contribution in [0.3, 0.4) is 0 Å². The molecule has 4 rings (SSSR count). The quantitative estimate of drug-likeness (QED) is 0.566. The van der Waals surface area contributed by atoms with Crippen LogP contribution in [0.5, 0.6) is 0 Å². The van der Waals surface area contributed by atoms with Gasteiger partial charge >= 0.3 is 0 Å². The highest BCUT2D eigenvalue weighted by atomic mass is 32.2. The van der Waals surface area contributed by atoms with E-state index >= 15 is 0 Å². The van der Waals surface area contributed by atoms with Gasteiger partial charge in [-0.1, -0.05) is 12.1 Å². The summed E-state index contributed by atoms with van der Waals surface area (Å²) >= 11 is 3.18. The van der Waals surface area contributed by atoms with Crippen molar-refractivity contribution in [3.8, 4) is 0 Å². The second-order valence-electron chi connectivity index (χ2n) is 4.25. The number of nitrogens with zero attached hydrogens (tertiary/aromatic N) is 4. The van der Waals surface area contributed by atoms with E-state index in [1.54, 1.807) is 24.7 Å². The maximum Gasteiger partial charge on any atom is 0.225 e. The van der Waals surface area contributed by atoms with Crippen molar-refractivity contribution in [3.05, 3.63) is 30.6 Å². The van der Waals surface area contributed by atoms with E-state index in [1.807, 2.05) is 18.2 Å². The maximum absolute atomic E-state index is 4.62. The summed E-state index contributed by atoms with van der Waals surface area (Å²) in [5, 5.41) is 3.78. The van der Waals surface area contributed by atoms with Crippen molar-refractivity contribution in [2.24, 2.45) is 0 Å². The van der Waals surface area contributed by atoms with Crippen LogP contribution >= 0.6 is 23.1 Å². The van der Waals surface area contributed by atoms with Gasteiger partial charge in [0.25, 0.3) is 0 Å². The van der Waals surface area contributed by atoms with Crippen LogP contribution in [-0.4, -0.2) is 32.0 Å². The van der Waals surface area contributed by atoms with Crippen LogP contribution in [-0.2, 0) is 0 Å². The molecule has 4 aromatic rings. The molecular weight excluding hydrogens is 304 g/mol. The van der Waals surface area contributed by atoms with E-state index in [1.165, 1.54) is 16.5 Å². The second-order valence-corrected chi connectivity index (χ2v) is 6.52. The predicted octanol–water partition coefficient (Wildman–Crippen LogP) is 3.16. The smallest absolute Gasteiger partial charge is 0.225 e. The van der Waals surface area contributed by atoms with Crippen molar-refractivity contribution in [2.75, 3.05) is 12.4 Å². The zero-order valence-electron chi connectivity index (χ0n) is 11.0. The number of fused-ring (bicyclic) bond motifs is 2. The number of aromatic amines is 1. The zero-order chi connectivity index (χ0) is 14.2. The summed E-state index contributed by atoms with van der Waals surface area (Å²) in [7, 11) is 1.79. The van der Waals surface area contributed by atoms with Gasteiger partial charge in [0.15, 0.2) is 9.99 Å². The lowest BCUT2D eigenvalue weighted by molar-refractivity contribution is 1.08. The molecule has 0 radical (unpaired) electrons. The molecule has 0 aliphatic carbocycles. The summed E-state index contributed by atoms with van der Waals surface area (Å²) in [6.07, 6.45) is 1.63. The third-order valence-corrected chi connectivity index (χ3v) is 5.02. The number of para-hydroxylation sites is 1. The van der Waals surface area contributed by atoms with Gasteiger partial charge in [-0.15, -0.1) is 11.3 Å². The largest absolute Gasteiger partial charge is 0.357 e. The Labute approximate surface area is 128 Å². The van der Waals surface area contributed by atoms with E-state index in [0.29, 0.717) is 11.6 Å². The van der Waals surface area contributed by atoms with Crippen molar-refractivity contribution in [1.29, 1.82) is 0 Å². The second kappa shape index (κ2) is 4.97. The molecule has 0 aliphatic heterocycles. The Morgan fingerprint density at radius 1 is 1.19 bits per heavy atom. The summed E-state index contributed by atoms with van der Waals surface area (Å²) in [5.74, 6) is 0.554. The van der Waals surface area contributed by atoms with Crippen LogP contribution < -0.4 is 5.32 Å². The molecule has 2 N–H and O–H groups in total. The molecular formula is C13H10N6S2. The van der Waals surface area contributed by atoms with Gasteiger partial charge in [0, 0.05) is 7.05 Å². The monoisotopic (exact) mass is 314 g/mol. The minimum atomic E-state index is 0.554. The number of benzene rings is 1. The van der Waals surface area contributed by atoms with Gasteiger partial charge in [-0.05, 0) is 23.9 Å². The van der Waals surface area contributed by atoms with Gasteiger partial charge in [-0.25, -0.2) is 15.0 Å². The lowest BCUT2D eigenvalue weighted by Gasteiger charge is -2.02. The summed E-state index contributed by atoms with van der Waals surface area (Å²) in [5.41, 5.74) is 2.49. The Bertz CT molecular complexity index is 896. The van der Waals surface area contributed by atoms with E-state index in [0.717, 1.165) is 20.4 Å². The van der Waals surface area contributed by atoms with Crippen LogP contribution in [0.15, 0.2) is 40.0 Å². The number of rotatable bonds is 3. The third-order valence-electron chi connectivity index (χ3n) is 2.93. The van der Waals surface area contributed by atoms with Crippen LogP contribution in [0, 0.1) is 0 Å². The number of hydrogen-bond donors (Lipinski definition) is 2. The van der Waals surface area contributed by atoms with Crippen molar-refractivity contribution in [1.82, 2.24) is 24.9 Å². The number of hydrogen-bond acceptors (Lipinski definition) is 7. The summed E-state index contributed by atoms with van der Waals surface area (Å²) in [4.78, 5) is 20.7. The van der Waals surface area contributed by atoms with Gasteiger partial charge in [-0.2, -0.15) is 4.98 Å². The normalized spacial score (nSPS) is 11.3. The van der Waals surface area contributed by atoms with Gasteiger partial charge in [0.05, 0.1) is 16.5 Å². The van der Waals surface area contributed by atoms with Crippen molar-refractivity contribution in [2.45, 2.75) is 9.37 Å². The fourth-order valence-electron chi connectivity index (χ4n) is 1.97. The lowest BCUT2D eigenvalue weighted by atomic mass is 10.3. The Morgan fingerprint density at radius 3 is 2.95 bits per heavy atom. The van der Waals surface area contributed by atoms with Crippen LogP contribution in [0.25, 0.3) is 21.4 Å². The number of H-pyrrole nitrogens is 1. The molecule has 104 valence electrons. The van der Waals surface area contributed by atoms with E-state index in [4.69, 9.17) is 0 Å². The van der Waals surface area contributed by atoms with Gasteiger partial charge in [0.2, 0.25) is 5.95 Å². The first-order valence-corrected chi connectivity index (χ1v) is 7.89. The molecule has 0 spiro atoms. The maximum atomic E-state index is 4.62. The summed E-state index contributed by atoms with van der Waals surface area (Å²) in [6.45, 7) is 0. The molecule has 0 amide bonds. The third kappa shape index (κ3) is 2.22. The molecule has 3 heterocycles. The van der Waals surface area contributed by atoms with Crippen LogP contribution in [0.2, 0.25) is 0 Å². The van der Waals surface area contributed by atoms with E-state index in [2.05, 4.69) is 36.3 Å².